The summed E-state index contributed by atoms with van der Waals surface area (Å²) in [6, 6.07) is 3.52. The van der Waals surface area contributed by atoms with Crippen molar-refractivity contribution in [3.05, 3.63) is 48.1 Å². The summed E-state index contributed by atoms with van der Waals surface area (Å²) in [5.74, 6) is -0.583. The lowest BCUT2D eigenvalue weighted by Gasteiger charge is -2.34. The lowest BCUT2D eigenvalue weighted by atomic mass is 9.82. The van der Waals surface area contributed by atoms with Crippen molar-refractivity contribution in [3.63, 3.8) is 0 Å². The van der Waals surface area contributed by atoms with Crippen molar-refractivity contribution in [2.45, 2.75) is 51.0 Å². The van der Waals surface area contributed by atoms with E-state index in [9.17, 15) is 18.4 Å². The third-order valence-electron chi connectivity index (χ3n) is 5.94. The van der Waals surface area contributed by atoms with Crippen LogP contribution in [0.2, 0.25) is 0 Å². The second-order valence-corrected chi connectivity index (χ2v) is 7.89. The molecule has 1 amide bonds. The quantitative estimate of drug-likeness (QED) is 0.769. The number of ketones is 1. The predicted octanol–water partition coefficient (Wildman–Crippen LogP) is 3.71. The standard InChI is InChI=1S/C22H23F2N3O2/c23-17-8-15(9-18(24)10-17)16-12-25-21(26-13-16)11-20(28)14-3-5-19(6-4-14)27-7-1-2-22(27)29/h8-10,12-14,19H,1-7,11H2. The highest BCUT2D eigenvalue weighted by atomic mass is 19.1. The van der Waals surface area contributed by atoms with Crippen LogP contribution in [0.3, 0.4) is 0 Å². The number of halogens is 2. The Kier molecular flexibility index (Phi) is 5.65. The molecule has 2 heterocycles. The molecule has 152 valence electrons. The number of likely N-dealkylation sites (tertiary alicyclic amines) is 1. The van der Waals surface area contributed by atoms with Crippen LogP contribution in [-0.2, 0) is 16.0 Å². The minimum absolute atomic E-state index is 0.0236. The number of hydrogen-bond acceptors (Lipinski definition) is 4. The first-order chi connectivity index (χ1) is 14.0. The SMILES string of the molecule is O=C(Cc1ncc(-c2cc(F)cc(F)c2)cn1)C1CCC(N2CCCC2=O)CC1. The van der Waals surface area contributed by atoms with Gasteiger partial charge in [-0.15, -0.1) is 0 Å². The Labute approximate surface area is 168 Å². The largest absolute Gasteiger partial charge is 0.340 e. The Morgan fingerprint density at radius 3 is 2.24 bits per heavy atom. The third-order valence-corrected chi connectivity index (χ3v) is 5.94. The zero-order valence-corrected chi connectivity index (χ0v) is 16.1. The van der Waals surface area contributed by atoms with Gasteiger partial charge in [-0.3, -0.25) is 9.59 Å². The summed E-state index contributed by atoms with van der Waals surface area (Å²) < 4.78 is 26.7. The van der Waals surface area contributed by atoms with Crippen LogP contribution in [0.15, 0.2) is 30.6 Å². The Bertz CT molecular complexity index is 889. The van der Waals surface area contributed by atoms with Crippen molar-refractivity contribution in [1.29, 1.82) is 0 Å². The molecule has 0 bridgehead atoms. The fourth-order valence-corrected chi connectivity index (χ4v) is 4.38. The predicted molar refractivity (Wildman–Crippen MR) is 103 cm³/mol. The highest BCUT2D eigenvalue weighted by Gasteiger charge is 2.33. The molecule has 1 aliphatic carbocycles. The Balaban J connectivity index is 1.33. The molecule has 1 aromatic carbocycles. The van der Waals surface area contributed by atoms with Crippen LogP contribution in [-0.4, -0.2) is 39.1 Å². The highest BCUT2D eigenvalue weighted by Crippen LogP contribution is 2.31. The molecular formula is C22H23F2N3O2. The molecule has 0 radical (unpaired) electrons. The van der Waals surface area contributed by atoms with Gasteiger partial charge in [0.15, 0.2) is 0 Å². The minimum atomic E-state index is -0.662. The van der Waals surface area contributed by atoms with Gasteiger partial charge < -0.3 is 4.90 Å². The zero-order valence-electron chi connectivity index (χ0n) is 16.1. The van der Waals surface area contributed by atoms with Gasteiger partial charge in [0.2, 0.25) is 5.91 Å². The van der Waals surface area contributed by atoms with Crippen molar-refractivity contribution in [2.24, 2.45) is 5.92 Å². The van der Waals surface area contributed by atoms with Crippen LogP contribution in [0, 0.1) is 17.6 Å². The molecule has 0 atom stereocenters. The van der Waals surface area contributed by atoms with Crippen molar-refractivity contribution in [2.75, 3.05) is 6.54 Å². The Morgan fingerprint density at radius 1 is 1.00 bits per heavy atom. The van der Waals surface area contributed by atoms with Gasteiger partial charge in [0.05, 0.1) is 6.42 Å². The minimum Gasteiger partial charge on any atom is -0.340 e. The summed E-state index contributed by atoms with van der Waals surface area (Å²) in [4.78, 5) is 34.9. The molecule has 0 unspecified atom stereocenters. The zero-order chi connectivity index (χ0) is 20.4. The van der Waals surface area contributed by atoms with E-state index >= 15 is 0 Å². The van der Waals surface area contributed by atoms with E-state index in [2.05, 4.69) is 9.97 Å². The molecule has 0 N–H and O–H groups in total. The molecule has 1 saturated heterocycles. The van der Waals surface area contributed by atoms with E-state index in [1.807, 2.05) is 4.90 Å². The van der Waals surface area contributed by atoms with Crippen LogP contribution in [0.1, 0.15) is 44.3 Å². The van der Waals surface area contributed by atoms with Gasteiger partial charge in [-0.05, 0) is 49.8 Å². The number of aromatic nitrogens is 2. The average Bonchev–Trinajstić information content (AvgIpc) is 3.14. The first-order valence-electron chi connectivity index (χ1n) is 10.1. The van der Waals surface area contributed by atoms with E-state index in [0.717, 1.165) is 44.7 Å². The summed E-state index contributed by atoms with van der Waals surface area (Å²) in [5, 5.41) is 0. The maximum Gasteiger partial charge on any atom is 0.222 e. The Morgan fingerprint density at radius 2 is 1.66 bits per heavy atom. The Hall–Kier alpha value is -2.70. The number of benzene rings is 1. The molecular weight excluding hydrogens is 376 g/mol. The van der Waals surface area contributed by atoms with E-state index < -0.39 is 11.6 Å². The van der Waals surface area contributed by atoms with E-state index in [1.165, 1.54) is 24.5 Å². The second-order valence-electron chi connectivity index (χ2n) is 7.89. The molecule has 1 saturated carbocycles. The maximum absolute atomic E-state index is 13.4. The molecule has 0 spiro atoms. The van der Waals surface area contributed by atoms with Gasteiger partial charge in [-0.1, -0.05) is 0 Å². The fourth-order valence-electron chi connectivity index (χ4n) is 4.38. The third kappa shape index (κ3) is 4.49. The average molecular weight is 399 g/mol. The van der Waals surface area contributed by atoms with Crippen LogP contribution in [0.4, 0.5) is 8.78 Å². The van der Waals surface area contributed by atoms with Crippen LogP contribution in [0.25, 0.3) is 11.1 Å². The van der Waals surface area contributed by atoms with Crippen LogP contribution < -0.4 is 0 Å². The van der Waals surface area contributed by atoms with E-state index in [0.29, 0.717) is 23.4 Å². The smallest absolute Gasteiger partial charge is 0.222 e. The molecule has 4 rings (SSSR count). The van der Waals surface area contributed by atoms with Crippen molar-refractivity contribution < 1.29 is 18.4 Å². The van der Waals surface area contributed by atoms with Crippen LogP contribution >= 0.6 is 0 Å². The van der Waals surface area contributed by atoms with Crippen LogP contribution in [0.5, 0.6) is 0 Å². The first-order valence-corrected chi connectivity index (χ1v) is 10.1. The summed E-state index contributed by atoms with van der Waals surface area (Å²) in [7, 11) is 0. The number of Topliss-reactive ketones (excluding diaryl/α,β-unsaturated/α-hetero) is 1. The highest BCUT2D eigenvalue weighted by molar-refractivity contribution is 5.83. The molecule has 29 heavy (non-hydrogen) atoms. The van der Waals surface area contributed by atoms with E-state index in [1.54, 1.807) is 0 Å². The number of hydrogen-bond donors (Lipinski definition) is 0. The van der Waals surface area contributed by atoms with E-state index in [-0.39, 0.29) is 30.1 Å². The molecule has 1 aliphatic heterocycles. The van der Waals surface area contributed by atoms with Crippen molar-refractivity contribution in [3.8, 4) is 11.1 Å². The summed E-state index contributed by atoms with van der Waals surface area (Å²) in [6.45, 7) is 0.845. The molecule has 2 aliphatic rings. The summed E-state index contributed by atoms with van der Waals surface area (Å²) >= 11 is 0. The van der Waals surface area contributed by atoms with E-state index in [4.69, 9.17) is 0 Å². The van der Waals surface area contributed by atoms with Crippen molar-refractivity contribution in [1.82, 2.24) is 14.9 Å². The molecule has 2 fully saturated rings. The second kappa shape index (κ2) is 8.35. The van der Waals surface area contributed by atoms with Crippen molar-refractivity contribution >= 4 is 11.7 Å². The lowest BCUT2D eigenvalue weighted by Crippen LogP contribution is -2.40. The normalized spacial score (nSPS) is 22.1. The first kappa shape index (κ1) is 19.6. The number of nitrogens with zero attached hydrogens (tertiary/aromatic N) is 3. The van der Waals surface area contributed by atoms with Gasteiger partial charge >= 0.3 is 0 Å². The number of carbonyl (C=O) groups is 2. The lowest BCUT2D eigenvalue weighted by molar-refractivity contribution is -0.130. The van der Waals surface area contributed by atoms with Gasteiger partial charge in [-0.25, -0.2) is 18.7 Å². The maximum atomic E-state index is 13.4. The number of carbonyl (C=O) groups excluding carboxylic acids is 2. The summed E-state index contributed by atoms with van der Waals surface area (Å²) in [5.41, 5.74) is 0.852. The summed E-state index contributed by atoms with van der Waals surface area (Å²) in [6.07, 6.45) is 8.01. The topological polar surface area (TPSA) is 63.2 Å². The van der Waals surface area contributed by atoms with Gasteiger partial charge in [0.25, 0.3) is 0 Å². The van der Waals surface area contributed by atoms with Gasteiger partial charge in [0, 0.05) is 48.9 Å². The molecule has 1 aromatic heterocycles. The monoisotopic (exact) mass is 399 g/mol. The molecule has 7 heteroatoms. The van der Waals surface area contributed by atoms with Gasteiger partial charge in [0.1, 0.15) is 23.2 Å². The molecule has 2 aromatic rings. The molecule has 5 nitrogen and oxygen atoms in total. The number of amides is 1. The van der Waals surface area contributed by atoms with Gasteiger partial charge in [-0.2, -0.15) is 0 Å². The number of rotatable bonds is 5. The fraction of sp³-hybridized carbons (Fsp3) is 0.455.